The average molecular weight is 907 g/mol. The first-order valence-corrected chi connectivity index (χ1v) is 23.3. The van der Waals surface area contributed by atoms with Crippen molar-refractivity contribution in [1.82, 2.24) is 40.0 Å². The number of fused-ring (bicyclic) bond motifs is 6. The van der Waals surface area contributed by atoms with Crippen LogP contribution in [0.4, 0.5) is 0 Å². The fraction of sp³-hybridized carbons (Fsp3) is 0.520. The lowest BCUT2D eigenvalue weighted by atomic mass is 9.84. The highest BCUT2D eigenvalue weighted by atomic mass is 16.5. The highest BCUT2D eigenvalue weighted by molar-refractivity contribution is 5.96. The van der Waals surface area contributed by atoms with Gasteiger partial charge in [-0.05, 0) is 96.7 Å². The maximum Gasteiger partial charge on any atom is 0.324 e. The van der Waals surface area contributed by atoms with Crippen LogP contribution in [0, 0.1) is 11.3 Å². The zero-order valence-electron chi connectivity index (χ0n) is 39.6. The highest BCUT2D eigenvalue weighted by Gasteiger charge is 2.43. The third-order valence-corrected chi connectivity index (χ3v) is 13.2. The van der Waals surface area contributed by atoms with E-state index in [-0.39, 0.29) is 44.4 Å². The molecule has 4 aromatic rings. The molecule has 2 saturated heterocycles. The molecule has 5 atom stereocenters. The minimum absolute atomic E-state index is 0.0145. The summed E-state index contributed by atoms with van der Waals surface area (Å²) in [6.07, 6.45) is 6.05. The average Bonchev–Trinajstić information content (AvgIpc) is 4.00. The number of aliphatic hydroxyl groups excluding tert-OH is 1. The predicted octanol–water partition coefficient (Wildman–Crippen LogP) is 3.92. The van der Waals surface area contributed by atoms with E-state index >= 15 is 0 Å². The number of cyclic esters (lactones) is 1. The van der Waals surface area contributed by atoms with Crippen LogP contribution in [0.3, 0.4) is 0 Å². The second kappa shape index (κ2) is 19.9. The Kier molecular flexibility index (Phi) is 14.5. The number of aromatic hydroxyl groups is 1. The smallest absolute Gasteiger partial charge is 0.324 e. The lowest BCUT2D eigenvalue weighted by Crippen LogP contribution is -2.62. The van der Waals surface area contributed by atoms with Gasteiger partial charge in [-0.3, -0.25) is 38.9 Å². The number of phenolic OH excluding ortho intramolecular Hbond substituents is 1. The summed E-state index contributed by atoms with van der Waals surface area (Å²) in [4.78, 5) is 78.8. The van der Waals surface area contributed by atoms with Gasteiger partial charge in [-0.25, -0.2) is 5.43 Å². The van der Waals surface area contributed by atoms with Gasteiger partial charge in [0, 0.05) is 81.0 Å². The third kappa shape index (κ3) is 10.2. The molecule has 4 N–H and O–H groups in total. The van der Waals surface area contributed by atoms with Crippen LogP contribution in [-0.2, 0) is 54.5 Å². The number of benzene rings is 2. The number of pyridine rings is 1. The van der Waals surface area contributed by atoms with E-state index in [2.05, 4.69) is 66.2 Å². The number of likely N-dealkylation sites (N-methyl/N-ethyl adjacent to an activating group) is 2. The molecule has 7 rings (SSSR count). The zero-order valence-corrected chi connectivity index (χ0v) is 39.6. The summed E-state index contributed by atoms with van der Waals surface area (Å²) in [6, 6.07) is 10.1. The van der Waals surface area contributed by atoms with Crippen molar-refractivity contribution in [3.05, 3.63) is 71.5 Å². The molecule has 6 bridgehead atoms. The van der Waals surface area contributed by atoms with Gasteiger partial charge in [-0.1, -0.05) is 46.8 Å². The van der Waals surface area contributed by atoms with Crippen LogP contribution in [0.25, 0.3) is 33.3 Å². The number of aryl methyl sites for hydroxylation is 2. The molecule has 2 aromatic carbocycles. The minimum Gasteiger partial charge on any atom is -0.508 e. The molecule has 3 aliphatic heterocycles. The summed E-state index contributed by atoms with van der Waals surface area (Å²) in [6.45, 7) is 13.6. The van der Waals surface area contributed by atoms with Crippen LogP contribution in [0.15, 0.2) is 54.9 Å². The van der Waals surface area contributed by atoms with Crippen LogP contribution >= 0.6 is 0 Å². The summed E-state index contributed by atoms with van der Waals surface area (Å²) in [5.41, 5.74) is 10.2. The number of amides is 4. The molecular weight excluding hydrogens is 841 g/mol. The van der Waals surface area contributed by atoms with Gasteiger partial charge in [0.1, 0.15) is 29.9 Å². The quantitative estimate of drug-likeness (QED) is 0.119. The summed E-state index contributed by atoms with van der Waals surface area (Å²) >= 11 is 0. The van der Waals surface area contributed by atoms with Gasteiger partial charge in [0.15, 0.2) is 0 Å². The molecule has 2 fully saturated rings. The Morgan fingerprint density at radius 3 is 2.55 bits per heavy atom. The molecule has 16 heteroatoms. The molecule has 354 valence electrons. The Bertz CT molecular complexity index is 2480. The Morgan fingerprint density at radius 2 is 1.83 bits per heavy atom. The summed E-state index contributed by atoms with van der Waals surface area (Å²) < 4.78 is 8.40. The lowest BCUT2D eigenvalue weighted by Gasteiger charge is -2.37. The van der Waals surface area contributed by atoms with E-state index in [0.717, 1.165) is 45.3 Å². The first-order chi connectivity index (χ1) is 31.4. The minimum atomic E-state index is -1.18. The Labute approximate surface area is 387 Å². The fourth-order valence-electron chi connectivity index (χ4n) is 9.73. The van der Waals surface area contributed by atoms with Gasteiger partial charge in [-0.15, -0.1) is 0 Å². The molecule has 3 aliphatic rings. The molecule has 66 heavy (non-hydrogen) atoms. The number of aromatic nitrogens is 2. The topological polar surface area (TPSA) is 190 Å². The van der Waals surface area contributed by atoms with Gasteiger partial charge in [0.2, 0.25) is 17.7 Å². The monoisotopic (exact) mass is 907 g/mol. The lowest BCUT2D eigenvalue weighted by molar-refractivity contribution is -0.155. The van der Waals surface area contributed by atoms with Gasteiger partial charge < -0.3 is 34.6 Å². The van der Waals surface area contributed by atoms with Gasteiger partial charge in [0.05, 0.1) is 25.5 Å². The number of hydrazine groups is 1. The van der Waals surface area contributed by atoms with E-state index in [1.165, 1.54) is 34.5 Å². The number of esters is 1. The summed E-state index contributed by atoms with van der Waals surface area (Å²) in [5.74, 6) is -2.66. The molecule has 2 aromatic heterocycles. The van der Waals surface area contributed by atoms with Crippen molar-refractivity contribution in [2.24, 2.45) is 11.3 Å². The SMILES string of the molecule is CCc1ccncc1-c1c2c3cc(ccc3n1CC)-c1cc(O)cc(c1)C[C@H](NC(=O)[C@H](C(C)C)N(C)C(=O)CN(C)C(=O)[C@H]1CN1CCO)C(=O)N1CCC[C@H](N1)C(=O)OCC(C)(C)C2. The molecule has 5 heterocycles. The largest absolute Gasteiger partial charge is 0.508 e. The normalized spacial score (nSPS) is 21.2. The summed E-state index contributed by atoms with van der Waals surface area (Å²) in [5, 5.41) is 25.9. The maximum absolute atomic E-state index is 14.7. The molecule has 0 saturated carbocycles. The fourth-order valence-corrected chi connectivity index (χ4v) is 9.73. The van der Waals surface area contributed by atoms with Crippen LogP contribution < -0.4 is 10.7 Å². The number of ether oxygens (including phenoxy) is 1. The van der Waals surface area contributed by atoms with E-state index in [4.69, 9.17) is 4.74 Å². The van der Waals surface area contributed by atoms with E-state index < -0.39 is 59.2 Å². The van der Waals surface area contributed by atoms with Crippen LogP contribution in [-0.4, -0.2) is 147 Å². The number of β-amino-alcohol motifs (C(OH)–C–C–N with tert-alkyl or cyclic N) is 1. The summed E-state index contributed by atoms with van der Waals surface area (Å²) in [7, 11) is 3.05. The van der Waals surface area contributed by atoms with Crippen LogP contribution in [0.2, 0.25) is 0 Å². The molecule has 0 aliphatic carbocycles. The van der Waals surface area contributed by atoms with E-state index in [0.29, 0.717) is 44.5 Å². The van der Waals surface area contributed by atoms with E-state index in [1.807, 2.05) is 29.4 Å². The number of aliphatic hydroxyl groups is 1. The maximum atomic E-state index is 14.7. The van der Waals surface area contributed by atoms with Gasteiger partial charge >= 0.3 is 5.97 Å². The van der Waals surface area contributed by atoms with E-state index in [9.17, 15) is 34.2 Å². The third-order valence-electron chi connectivity index (χ3n) is 13.2. The van der Waals surface area contributed by atoms with Crippen molar-refractivity contribution in [3.63, 3.8) is 0 Å². The number of hydrogen-bond donors (Lipinski definition) is 4. The van der Waals surface area contributed by atoms with E-state index in [1.54, 1.807) is 26.0 Å². The number of hydrogen-bond acceptors (Lipinski definition) is 11. The predicted molar refractivity (Wildman–Crippen MR) is 251 cm³/mol. The van der Waals surface area contributed by atoms with Crippen LogP contribution in [0.5, 0.6) is 5.75 Å². The number of rotatable bonds is 12. The van der Waals surface area contributed by atoms with Crippen molar-refractivity contribution >= 4 is 40.5 Å². The molecule has 16 nitrogen and oxygen atoms in total. The first kappa shape index (κ1) is 48.1. The number of carbonyl (C=O) groups is 5. The Balaban J connectivity index is 1.26. The standard InChI is InChI=1S/C50H66N8O8/c1-9-32-15-16-51-26-38(32)45-37-25-50(5,6)29-66-49(65)39-12-11-17-58(53-39)47(63)40(22-31-20-34(23-35(60)21-31)33-13-14-41(36(37)24-33)57(45)10-2)52-46(62)44(30(3)4)55(8)43(61)28-54(7)48(64)42-27-56(42)18-19-59/h13-16,20-21,23-24,26,30,39-40,42,44,53,59-60H,9-12,17-19,22,25,27-29H2,1-8H3,(H,52,62)/t39-,40-,42+,44-,56?/m0/s1. The van der Waals surface area contributed by atoms with Crippen molar-refractivity contribution in [1.29, 1.82) is 0 Å². The second-order valence-corrected chi connectivity index (χ2v) is 19.2. The number of phenols is 1. The Hall–Kier alpha value is -5.84. The molecule has 0 spiro atoms. The number of nitrogens with one attached hydrogen (secondary N) is 2. The zero-order chi connectivity index (χ0) is 47.6. The van der Waals surface area contributed by atoms with Crippen LogP contribution in [0.1, 0.15) is 71.1 Å². The molecule has 1 unspecified atom stereocenters. The van der Waals surface area contributed by atoms with Crippen molar-refractivity contribution in [2.75, 3.05) is 53.5 Å². The number of carbonyl (C=O) groups excluding carboxylic acids is 5. The molecule has 0 radical (unpaired) electrons. The van der Waals surface area contributed by atoms with Gasteiger partial charge in [-0.2, -0.15) is 0 Å². The highest BCUT2D eigenvalue weighted by Crippen LogP contribution is 2.41. The first-order valence-electron chi connectivity index (χ1n) is 23.3. The van der Waals surface area contributed by atoms with Crippen molar-refractivity contribution in [3.8, 4) is 28.1 Å². The van der Waals surface area contributed by atoms with Crippen molar-refractivity contribution < 1.29 is 38.9 Å². The molecular formula is C50H66N8O8. The number of nitrogens with zero attached hydrogens (tertiary/aromatic N) is 6. The molecule has 4 amide bonds. The van der Waals surface area contributed by atoms with Crippen molar-refractivity contribution in [2.45, 2.75) is 104 Å². The van der Waals surface area contributed by atoms with Gasteiger partial charge in [0.25, 0.3) is 5.91 Å². The second-order valence-electron chi connectivity index (χ2n) is 19.2. The Morgan fingerprint density at radius 1 is 1.06 bits per heavy atom.